The predicted octanol–water partition coefficient (Wildman–Crippen LogP) is 1.66. The molecule has 1 heterocycles. The Kier molecular flexibility index (Phi) is 5.77. The van der Waals surface area contributed by atoms with Crippen molar-refractivity contribution in [3.63, 3.8) is 0 Å². The van der Waals surface area contributed by atoms with Crippen molar-refractivity contribution >= 4 is 28.4 Å². The number of anilines is 1. The maximum atomic E-state index is 8.58. The highest BCUT2D eigenvalue weighted by atomic mass is 127. The molecule has 0 aliphatic rings. The predicted molar refractivity (Wildman–Crippen MR) is 64.2 cm³/mol. The maximum absolute atomic E-state index is 8.58. The Morgan fingerprint density at radius 1 is 1.36 bits per heavy atom. The lowest BCUT2D eigenvalue weighted by Crippen LogP contribution is -2.05. The van der Waals surface area contributed by atoms with Gasteiger partial charge in [-0.25, -0.2) is 9.97 Å². The van der Waals surface area contributed by atoms with Gasteiger partial charge < -0.3 is 10.4 Å². The third-order valence-electron chi connectivity index (χ3n) is 1.79. The zero-order chi connectivity index (χ0) is 10.2. The number of halogens is 1. The van der Waals surface area contributed by atoms with E-state index in [4.69, 9.17) is 5.11 Å². The number of nitrogens with one attached hydrogen (secondary N) is 1. The monoisotopic (exact) mass is 307 g/mol. The van der Waals surface area contributed by atoms with E-state index in [1.54, 1.807) is 6.20 Å². The fraction of sp³-hybridized carbons (Fsp3) is 0.556. The van der Waals surface area contributed by atoms with Crippen LogP contribution >= 0.6 is 22.6 Å². The van der Waals surface area contributed by atoms with E-state index in [1.165, 1.54) is 6.33 Å². The van der Waals surface area contributed by atoms with Gasteiger partial charge in [-0.05, 0) is 41.9 Å². The third kappa shape index (κ3) is 4.19. The van der Waals surface area contributed by atoms with Crippen molar-refractivity contribution < 1.29 is 5.11 Å². The molecule has 0 aliphatic carbocycles. The number of hydrogen-bond donors (Lipinski definition) is 2. The van der Waals surface area contributed by atoms with Crippen LogP contribution in [0.15, 0.2) is 12.5 Å². The van der Waals surface area contributed by atoms with Gasteiger partial charge >= 0.3 is 0 Å². The summed E-state index contributed by atoms with van der Waals surface area (Å²) in [5.41, 5.74) is 0. The van der Waals surface area contributed by atoms with E-state index in [9.17, 15) is 0 Å². The van der Waals surface area contributed by atoms with Crippen LogP contribution in [0.4, 0.5) is 5.82 Å². The van der Waals surface area contributed by atoms with Gasteiger partial charge in [-0.1, -0.05) is 0 Å². The first-order chi connectivity index (χ1) is 6.84. The van der Waals surface area contributed by atoms with E-state index in [-0.39, 0.29) is 6.61 Å². The molecule has 0 spiro atoms. The van der Waals surface area contributed by atoms with Crippen molar-refractivity contribution in [2.24, 2.45) is 0 Å². The van der Waals surface area contributed by atoms with Gasteiger partial charge in [0.15, 0.2) is 0 Å². The highest BCUT2D eigenvalue weighted by Crippen LogP contribution is 2.12. The summed E-state index contributed by atoms with van der Waals surface area (Å²) in [5.74, 6) is 0.893. The molecule has 1 rings (SSSR count). The summed E-state index contributed by atoms with van der Waals surface area (Å²) in [6, 6.07) is 0. The van der Waals surface area contributed by atoms with E-state index in [2.05, 4.69) is 37.9 Å². The smallest absolute Gasteiger partial charge is 0.142 e. The van der Waals surface area contributed by atoms with Crippen LogP contribution in [0.3, 0.4) is 0 Å². The van der Waals surface area contributed by atoms with Crippen LogP contribution in [0.25, 0.3) is 0 Å². The summed E-state index contributed by atoms with van der Waals surface area (Å²) in [6.45, 7) is 1.18. The highest BCUT2D eigenvalue weighted by Gasteiger charge is 1.98. The molecule has 0 atom stereocenters. The van der Waals surface area contributed by atoms with Crippen molar-refractivity contribution in [3.8, 4) is 0 Å². The SMILES string of the molecule is OCCCCCNc1ncncc1I. The molecule has 0 saturated heterocycles. The molecule has 0 saturated carbocycles. The van der Waals surface area contributed by atoms with Crippen LogP contribution in [0, 0.1) is 3.57 Å². The molecule has 0 bridgehead atoms. The van der Waals surface area contributed by atoms with Crippen LogP contribution in [0.1, 0.15) is 19.3 Å². The van der Waals surface area contributed by atoms with E-state index in [1.807, 2.05) is 0 Å². The van der Waals surface area contributed by atoms with Gasteiger partial charge in [0.25, 0.3) is 0 Å². The number of nitrogens with zero attached hydrogens (tertiary/aromatic N) is 2. The molecule has 0 aliphatic heterocycles. The first-order valence-electron chi connectivity index (χ1n) is 4.65. The van der Waals surface area contributed by atoms with E-state index in [0.717, 1.165) is 35.2 Å². The van der Waals surface area contributed by atoms with Crippen molar-refractivity contribution in [2.45, 2.75) is 19.3 Å². The van der Waals surface area contributed by atoms with Gasteiger partial charge in [0.05, 0.1) is 3.57 Å². The molecule has 4 nitrogen and oxygen atoms in total. The molecule has 1 aromatic rings. The number of aliphatic hydroxyl groups is 1. The molecule has 0 amide bonds. The Bertz CT molecular complexity index is 270. The number of hydrogen-bond acceptors (Lipinski definition) is 4. The second-order valence-electron chi connectivity index (χ2n) is 2.93. The van der Waals surface area contributed by atoms with Crippen molar-refractivity contribution in [2.75, 3.05) is 18.5 Å². The zero-order valence-corrected chi connectivity index (χ0v) is 10.1. The number of rotatable bonds is 6. The Balaban J connectivity index is 2.21. The topological polar surface area (TPSA) is 58.0 Å². The average Bonchev–Trinajstić information content (AvgIpc) is 2.20. The second-order valence-corrected chi connectivity index (χ2v) is 4.09. The standard InChI is InChI=1S/C9H14IN3O/c10-8-6-11-7-13-9(8)12-4-2-1-3-5-14/h6-7,14H,1-5H2,(H,11,12,13). The molecule has 14 heavy (non-hydrogen) atoms. The molecule has 2 N–H and O–H groups in total. The minimum Gasteiger partial charge on any atom is -0.396 e. The van der Waals surface area contributed by atoms with Gasteiger partial charge in [0, 0.05) is 19.3 Å². The van der Waals surface area contributed by atoms with Gasteiger partial charge in [-0.2, -0.15) is 0 Å². The molecule has 0 fully saturated rings. The first-order valence-corrected chi connectivity index (χ1v) is 5.72. The lowest BCUT2D eigenvalue weighted by Gasteiger charge is -2.05. The summed E-state index contributed by atoms with van der Waals surface area (Å²) in [4.78, 5) is 8.03. The Hall–Kier alpha value is -0.430. The quantitative estimate of drug-likeness (QED) is 0.620. The van der Waals surface area contributed by atoms with Crippen LogP contribution < -0.4 is 5.32 Å². The molecule has 1 aromatic heterocycles. The Labute approximate surface area is 97.3 Å². The molecular weight excluding hydrogens is 293 g/mol. The minimum atomic E-state index is 0.283. The number of aliphatic hydroxyl groups excluding tert-OH is 1. The molecule has 78 valence electrons. The fourth-order valence-electron chi connectivity index (χ4n) is 1.06. The largest absolute Gasteiger partial charge is 0.396 e. The minimum absolute atomic E-state index is 0.283. The number of unbranched alkanes of at least 4 members (excludes halogenated alkanes) is 2. The maximum Gasteiger partial charge on any atom is 0.142 e. The van der Waals surface area contributed by atoms with Crippen molar-refractivity contribution in [3.05, 3.63) is 16.1 Å². The third-order valence-corrected chi connectivity index (χ3v) is 2.58. The summed E-state index contributed by atoms with van der Waals surface area (Å²) in [5, 5.41) is 11.8. The Morgan fingerprint density at radius 2 is 2.21 bits per heavy atom. The summed E-state index contributed by atoms with van der Waals surface area (Å²) in [7, 11) is 0. The van der Waals surface area contributed by atoms with Crippen LogP contribution in [0.2, 0.25) is 0 Å². The second kappa shape index (κ2) is 6.94. The normalized spacial score (nSPS) is 10.1. The van der Waals surface area contributed by atoms with Gasteiger partial charge in [-0.3, -0.25) is 0 Å². The van der Waals surface area contributed by atoms with E-state index in [0.29, 0.717) is 0 Å². The van der Waals surface area contributed by atoms with Crippen LogP contribution in [0.5, 0.6) is 0 Å². The van der Waals surface area contributed by atoms with Crippen molar-refractivity contribution in [1.29, 1.82) is 0 Å². The van der Waals surface area contributed by atoms with Gasteiger partial charge in [0.2, 0.25) is 0 Å². The average molecular weight is 307 g/mol. The zero-order valence-electron chi connectivity index (χ0n) is 7.91. The van der Waals surface area contributed by atoms with Gasteiger partial charge in [-0.15, -0.1) is 0 Å². The molecule has 0 aromatic carbocycles. The highest BCUT2D eigenvalue weighted by molar-refractivity contribution is 14.1. The van der Waals surface area contributed by atoms with Gasteiger partial charge in [0.1, 0.15) is 12.1 Å². The van der Waals surface area contributed by atoms with Crippen molar-refractivity contribution in [1.82, 2.24) is 9.97 Å². The summed E-state index contributed by atoms with van der Waals surface area (Å²) in [6.07, 6.45) is 6.30. The lowest BCUT2D eigenvalue weighted by molar-refractivity contribution is 0.283. The van der Waals surface area contributed by atoms with Crippen LogP contribution in [-0.4, -0.2) is 28.2 Å². The molecule has 5 heteroatoms. The molecular formula is C9H14IN3O. The summed E-state index contributed by atoms with van der Waals surface area (Å²) < 4.78 is 1.03. The summed E-state index contributed by atoms with van der Waals surface area (Å²) >= 11 is 2.20. The lowest BCUT2D eigenvalue weighted by atomic mass is 10.2. The number of aromatic nitrogens is 2. The first kappa shape index (κ1) is 11.6. The Morgan fingerprint density at radius 3 is 2.93 bits per heavy atom. The molecule has 0 radical (unpaired) electrons. The van der Waals surface area contributed by atoms with E-state index >= 15 is 0 Å². The fourth-order valence-corrected chi connectivity index (χ4v) is 1.55. The van der Waals surface area contributed by atoms with E-state index < -0.39 is 0 Å². The van der Waals surface area contributed by atoms with Crippen LogP contribution in [-0.2, 0) is 0 Å². The molecule has 0 unspecified atom stereocenters.